The summed E-state index contributed by atoms with van der Waals surface area (Å²) < 4.78 is 60.3. The molecule has 0 fully saturated rings. The first kappa shape index (κ1) is 36.3. The molecule has 58 heavy (non-hydrogen) atoms. The second-order valence-corrected chi connectivity index (χ2v) is 19.2. The van der Waals surface area contributed by atoms with Crippen LogP contribution in [0.3, 0.4) is 0 Å². The van der Waals surface area contributed by atoms with Gasteiger partial charge in [0.25, 0.3) is 0 Å². The van der Waals surface area contributed by atoms with E-state index in [9.17, 15) is 0 Å². The van der Waals surface area contributed by atoms with Crippen molar-refractivity contribution in [2.75, 3.05) is 0 Å². The largest absolute Gasteiger partial charge is 0.437 e. The molecule has 10 rings (SSSR count). The van der Waals surface area contributed by atoms with E-state index in [1.807, 2.05) is 194 Å². The highest BCUT2D eigenvalue weighted by molar-refractivity contribution is 7.68. The average Bonchev–Trinajstić information content (AvgIpc) is 3.27. The van der Waals surface area contributed by atoms with Crippen molar-refractivity contribution in [3.05, 3.63) is 216 Å². The Labute approximate surface area is 337 Å². The molecule has 6 nitrogen and oxygen atoms in total. The van der Waals surface area contributed by atoms with E-state index in [0.29, 0.717) is 33.2 Å². The fraction of sp³-hybridized carbons (Fsp3) is 0.0800. The van der Waals surface area contributed by atoms with Gasteiger partial charge in [-0.1, -0.05) is 158 Å². The van der Waals surface area contributed by atoms with Gasteiger partial charge in [0.2, 0.25) is 0 Å². The lowest BCUT2D eigenvalue weighted by Crippen LogP contribution is -2.27. The van der Waals surface area contributed by atoms with Gasteiger partial charge in [0.05, 0.1) is 23.8 Å². The molecule has 2 aliphatic rings. The Morgan fingerprint density at radius 3 is 1.17 bits per heavy atom. The minimum Gasteiger partial charge on any atom is -0.437 e. The van der Waals surface area contributed by atoms with Gasteiger partial charge >= 0.3 is 14.7 Å². The number of fused-ring (bicyclic) bond motifs is 7. The first-order chi connectivity index (χ1) is 28.5. The maximum atomic E-state index is 16.4. The van der Waals surface area contributed by atoms with Gasteiger partial charge in [0.1, 0.15) is 11.5 Å². The normalized spacial score (nSPS) is 18.7. The average molecular weight is 797 g/mol. The quantitative estimate of drug-likeness (QED) is 0.128. The van der Waals surface area contributed by atoms with Crippen LogP contribution < -0.4 is 19.7 Å². The van der Waals surface area contributed by atoms with Crippen LogP contribution in [-0.2, 0) is 31.8 Å². The maximum absolute atomic E-state index is 16.4. The van der Waals surface area contributed by atoms with Crippen molar-refractivity contribution in [3.63, 3.8) is 0 Å². The van der Waals surface area contributed by atoms with E-state index in [0.717, 1.165) is 44.2 Å². The molecule has 8 aromatic rings. The molecule has 0 spiro atoms. The van der Waals surface area contributed by atoms with Crippen LogP contribution in [0.1, 0.15) is 33.9 Å². The summed E-state index contributed by atoms with van der Waals surface area (Å²) in [6.07, 6.45) is 0. The van der Waals surface area contributed by atoms with Crippen LogP contribution in [0.4, 0.5) is 0 Å². The number of hydrogen-bond acceptors (Lipinski definition) is 6. The van der Waals surface area contributed by atoms with E-state index in [4.69, 9.17) is 18.5 Å². The molecule has 0 saturated carbocycles. The Morgan fingerprint density at radius 2 is 0.741 bits per heavy atom. The van der Waals surface area contributed by atoms with Crippen LogP contribution in [0.25, 0.3) is 33.0 Å². The second kappa shape index (κ2) is 15.1. The summed E-state index contributed by atoms with van der Waals surface area (Å²) in [5.74, 6) is -1.32. The molecule has 0 bridgehead atoms. The molecule has 8 aromatic carbocycles. The molecule has 0 amide bonds. The van der Waals surface area contributed by atoms with Crippen molar-refractivity contribution < 1.29 is 27.7 Å². The van der Waals surface area contributed by atoms with Gasteiger partial charge in [-0.05, 0) is 80.6 Å². The van der Waals surface area contributed by atoms with Gasteiger partial charge in [-0.3, -0.25) is 9.13 Å². The zero-order chi connectivity index (χ0) is 39.1. The highest BCUT2D eigenvalue weighted by Gasteiger charge is 2.50. The summed E-state index contributed by atoms with van der Waals surface area (Å²) in [5, 5.41) is 2.88. The lowest BCUT2D eigenvalue weighted by molar-refractivity contribution is 0.0719. The molecular formula is C50H38O6P2. The van der Waals surface area contributed by atoms with E-state index in [1.54, 1.807) is 0 Å². The Balaban J connectivity index is 1.23. The Morgan fingerprint density at radius 1 is 0.397 bits per heavy atom. The standard InChI is InChI=1S/C50H38O6P2/c51-57(47-29-15-11-25-41(47)39-23-9-13-27-45(39)55-57)49(53-33-35-17-3-1-4-18-35)43-31-37-21-7-8-22-38(37)32-44(43)50(54-34-36-19-5-2-6-20-36)58(52)48-30-16-12-26-42(48)40-24-10-14-28-46(40)56-58/h1-32,49-50H,33-34H2. The van der Waals surface area contributed by atoms with Gasteiger partial charge in [0, 0.05) is 11.1 Å². The Hall–Kier alpha value is -6.00. The molecule has 0 N–H and O–H groups in total. The SMILES string of the molecule is O=P1(C(OCc2ccccc2)c2cc3ccccc3cc2C(OCc2ccccc2)P2(=O)Oc3ccccc3-c3ccccc32)Oc2ccccc2-c2ccccc21. The molecular weight excluding hydrogens is 758 g/mol. The third-order valence-corrected chi connectivity index (χ3v) is 16.1. The van der Waals surface area contributed by atoms with Crippen LogP contribution in [0, 0.1) is 0 Å². The van der Waals surface area contributed by atoms with Gasteiger partial charge in [-0.15, -0.1) is 0 Å². The third kappa shape index (κ3) is 6.40. The number of rotatable bonds is 10. The second-order valence-electron chi connectivity index (χ2n) is 14.5. The summed E-state index contributed by atoms with van der Waals surface area (Å²) in [6, 6.07) is 62.3. The highest BCUT2D eigenvalue weighted by atomic mass is 31.2. The van der Waals surface area contributed by atoms with Crippen molar-refractivity contribution in [2.24, 2.45) is 0 Å². The van der Waals surface area contributed by atoms with Gasteiger partial charge in [0.15, 0.2) is 11.7 Å². The fourth-order valence-electron chi connectivity index (χ4n) is 8.17. The first-order valence-electron chi connectivity index (χ1n) is 19.3. The van der Waals surface area contributed by atoms with E-state index in [1.165, 1.54) is 0 Å². The van der Waals surface area contributed by atoms with Crippen LogP contribution >= 0.6 is 14.7 Å². The Kier molecular flexibility index (Phi) is 9.44. The van der Waals surface area contributed by atoms with Gasteiger partial charge in [-0.25, -0.2) is 0 Å². The minimum atomic E-state index is -4.02. The van der Waals surface area contributed by atoms with Crippen molar-refractivity contribution in [1.82, 2.24) is 0 Å². The summed E-state index contributed by atoms with van der Waals surface area (Å²) >= 11 is 0. The van der Waals surface area contributed by atoms with Crippen LogP contribution in [-0.4, -0.2) is 0 Å². The predicted molar refractivity (Wildman–Crippen MR) is 231 cm³/mol. The summed E-state index contributed by atoms with van der Waals surface area (Å²) in [5.41, 5.74) is 6.22. The molecule has 2 heterocycles. The lowest BCUT2D eigenvalue weighted by atomic mass is 10.0. The minimum absolute atomic E-state index is 0.134. The molecule has 0 saturated heterocycles. The monoisotopic (exact) mass is 796 g/mol. The predicted octanol–water partition coefficient (Wildman–Crippen LogP) is 12.6. The number of benzene rings is 8. The Bertz CT molecular complexity index is 2700. The van der Waals surface area contributed by atoms with Crippen LogP contribution in [0.5, 0.6) is 11.5 Å². The molecule has 0 aromatic heterocycles. The molecule has 0 aliphatic carbocycles. The van der Waals surface area contributed by atoms with Crippen molar-refractivity contribution in [2.45, 2.75) is 24.9 Å². The molecule has 284 valence electrons. The highest BCUT2D eigenvalue weighted by Crippen LogP contribution is 2.69. The zero-order valence-corrected chi connectivity index (χ0v) is 33.2. The van der Waals surface area contributed by atoms with Gasteiger partial charge < -0.3 is 18.5 Å². The van der Waals surface area contributed by atoms with E-state index >= 15 is 9.13 Å². The number of para-hydroxylation sites is 2. The fourth-order valence-corrected chi connectivity index (χ4v) is 13.3. The number of ether oxygens (including phenoxy) is 2. The van der Waals surface area contributed by atoms with Gasteiger partial charge in [-0.2, -0.15) is 0 Å². The van der Waals surface area contributed by atoms with Crippen molar-refractivity contribution in [1.29, 1.82) is 0 Å². The third-order valence-electron chi connectivity index (χ3n) is 10.9. The smallest absolute Gasteiger partial charge is 0.310 e. The van der Waals surface area contributed by atoms with Crippen LogP contribution in [0.15, 0.2) is 194 Å². The first-order valence-corrected chi connectivity index (χ1v) is 22.7. The lowest BCUT2D eigenvalue weighted by Gasteiger charge is -2.37. The molecule has 8 heteroatoms. The van der Waals surface area contributed by atoms with Crippen LogP contribution in [0.2, 0.25) is 0 Å². The molecule has 4 atom stereocenters. The molecule has 2 aliphatic heterocycles. The summed E-state index contributed by atoms with van der Waals surface area (Å²) in [4.78, 5) is 0. The zero-order valence-electron chi connectivity index (χ0n) is 31.4. The van der Waals surface area contributed by atoms with Crippen molar-refractivity contribution in [3.8, 4) is 33.8 Å². The molecule has 0 radical (unpaired) electrons. The summed E-state index contributed by atoms with van der Waals surface area (Å²) in [6.45, 7) is 0.268. The van der Waals surface area contributed by atoms with E-state index < -0.39 is 26.4 Å². The maximum Gasteiger partial charge on any atom is 0.310 e. The molecule has 4 unspecified atom stereocenters. The van der Waals surface area contributed by atoms with Crippen molar-refractivity contribution >= 4 is 36.1 Å². The van der Waals surface area contributed by atoms with E-state index in [2.05, 4.69) is 0 Å². The topological polar surface area (TPSA) is 71.1 Å². The number of hydrogen-bond donors (Lipinski definition) is 0. The van der Waals surface area contributed by atoms with E-state index in [-0.39, 0.29) is 13.2 Å². The summed E-state index contributed by atoms with van der Waals surface area (Å²) in [7, 11) is -8.03.